The third kappa shape index (κ3) is 4.73. The monoisotopic (exact) mass is 441 g/mol. The molecule has 3 aromatic rings. The van der Waals surface area contributed by atoms with Crippen molar-refractivity contribution in [1.29, 1.82) is 0 Å². The first-order chi connectivity index (χ1) is 12.8. The summed E-state index contributed by atoms with van der Waals surface area (Å²) in [5, 5.41) is 12.1. The summed E-state index contributed by atoms with van der Waals surface area (Å²) in [6.45, 7) is 3.68. The minimum atomic E-state index is -0.470. The number of thioether (sulfide) groups is 1. The van der Waals surface area contributed by atoms with Gasteiger partial charge >= 0.3 is 0 Å². The number of hydrogen-bond donors (Lipinski definition) is 1. The summed E-state index contributed by atoms with van der Waals surface area (Å²) in [7, 11) is 0. The van der Waals surface area contributed by atoms with Gasteiger partial charge in [-0.15, -0.1) is 10.2 Å². The molecule has 0 bridgehead atoms. The minimum Gasteiger partial charge on any atom is -0.308 e. The minimum absolute atomic E-state index is 0.255. The van der Waals surface area contributed by atoms with Crippen LogP contribution in [0.5, 0.6) is 0 Å². The summed E-state index contributed by atoms with van der Waals surface area (Å²) >= 11 is 19.3. The lowest BCUT2D eigenvalue weighted by molar-refractivity contribution is -0.115. The highest BCUT2D eigenvalue weighted by atomic mass is 35.5. The summed E-state index contributed by atoms with van der Waals surface area (Å²) in [5.74, 6) is -0.0153. The molecule has 0 saturated heterocycles. The highest BCUT2D eigenvalue weighted by Gasteiger charge is 2.20. The third-order valence-corrected chi connectivity index (χ3v) is 5.61. The Morgan fingerprint density at radius 1 is 1.22 bits per heavy atom. The van der Waals surface area contributed by atoms with Crippen LogP contribution in [0, 0.1) is 6.92 Å². The fraction of sp³-hybridized carbons (Fsp3) is 0.176. The van der Waals surface area contributed by atoms with Gasteiger partial charge in [0.2, 0.25) is 5.91 Å². The number of carbonyl (C=O) groups excluding carboxylic acids is 1. The molecule has 2 heterocycles. The SMILES string of the molecule is Cc1ccc(-n2cnnc2SC(C)C(=O)Nc2ncc(Cl)cc2Cl)cc1Cl. The maximum atomic E-state index is 12.5. The Hall–Kier alpha value is -1.80. The molecule has 140 valence electrons. The number of benzene rings is 1. The highest BCUT2D eigenvalue weighted by molar-refractivity contribution is 8.00. The molecule has 0 radical (unpaired) electrons. The van der Waals surface area contributed by atoms with Crippen LogP contribution in [0.25, 0.3) is 5.69 Å². The average Bonchev–Trinajstić information content (AvgIpc) is 3.07. The summed E-state index contributed by atoms with van der Waals surface area (Å²) in [6, 6.07) is 7.17. The molecule has 1 N–H and O–H groups in total. The molecule has 3 rings (SSSR count). The van der Waals surface area contributed by atoms with E-state index < -0.39 is 5.25 Å². The molecule has 0 aliphatic rings. The lowest BCUT2D eigenvalue weighted by atomic mass is 10.2. The Labute approximate surface area is 175 Å². The number of pyridine rings is 1. The average molecular weight is 443 g/mol. The van der Waals surface area contributed by atoms with Crippen molar-refractivity contribution in [2.24, 2.45) is 0 Å². The number of amides is 1. The number of aryl methyl sites for hydroxylation is 1. The molecule has 1 aromatic carbocycles. The Morgan fingerprint density at radius 2 is 2.00 bits per heavy atom. The van der Waals surface area contributed by atoms with Crippen molar-refractivity contribution >= 4 is 58.3 Å². The number of carbonyl (C=O) groups is 1. The molecule has 1 unspecified atom stereocenters. The van der Waals surface area contributed by atoms with Crippen LogP contribution in [0.4, 0.5) is 5.82 Å². The summed E-state index contributed by atoms with van der Waals surface area (Å²) in [6.07, 6.45) is 2.99. The van der Waals surface area contributed by atoms with Crippen molar-refractivity contribution in [2.75, 3.05) is 5.32 Å². The van der Waals surface area contributed by atoms with Gasteiger partial charge in [0.1, 0.15) is 6.33 Å². The van der Waals surface area contributed by atoms with Gasteiger partial charge in [-0.3, -0.25) is 9.36 Å². The number of halogens is 3. The summed E-state index contributed by atoms with van der Waals surface area (Å²) < 4.78 is 1.77. The van der Waals surface area contributed by atoms with Crippen LogP contribution in [0.1, 0.15) is 12.5 Å². The maximum Gasteiger partial charge on any atom is 0.238 e. The van der Waals surface area contributed by atoms with E-state index >= 15 is 0 Å². The van der Waals surface area contributed by atoms with E-state index in [1.807, 2.05) is 25.1 Å². The number of rotatable bonds is 5. The number of nitrogens with zero attached hydrogens (tertiary/aromatic N) is 4. The van der Waals surface area contributed by atoms with E-state index in [-0.39, 0.29) is 16.7 Å². The molecule has 0 saturated carbocycles. The molecule has 1 amide bonds. The van der Waals surface area contributed by atoms with Gasteiger partial charge in [-0.25, -0.2) is 4.98 Å². The Morgan fingerprint density at radius 3 is 2.70 bits per heavy atom. The van der Waals surface area contributed by atoms with Crippen molar-refractivity contribution in [3.8, 4) is 5.69 Å². The van der Waals surface area contributed by atoms with Crippen molar-refractivity contribution in [3.63, 3.8) is 0 Å². The van der Waals surface area contributed by atoms with E-state index in [9.17, 15) is 4.79 Å². The van der Waals surface area contributed by atoms with E-state index in [0.717, 1.165) is 11.3 Å². The molecule has 10 heteroatoms. The first-order valence-electron chi connectivity index (χ1n) is 7.80. The molecule has 0 aliphatic carbocycles. The molecule has 6 nitrogen and oxygen atoms in total. The quantitative estimate of drug-likeness (QED) is 0.560. The largest absolute Gasteiger partial charge is 0.308 e. The van der Waals surface area contributed by atoms with Crippen LogP contribution in [-0.4, -0.2) is 30.9 Å². The first kappa shape index (κ1) is 19.9. The molecular formula is C17H14Cl3N5OS. The third-order valence-electron chi connectivity index (χ3n) is 3.65. The van der Waals surface area contributed by atoms with Crippen LogP contribution in [0.3, 0.4) is 0 Å². The van der Waals surface area contributed by atoms with Crippen LogP contribution in [0.2, 0.25) is 15.1 Å². The van der Waals surface area contributed by atoms with Gasteiger partial charge in [0.25, 0.3) is 0 Å². The topological polar surface area (TPSA) is 72.7 Å². The van der Waals surface area contributed by atoms with Crippen LogP contribution >= 0.6 is 46.6 Å². The summed E-state index contributed by atoms with van der Waals surface area (Å²) in [5.41, 5.74) is 1.79. The maximum absolute atomic E-state index is 12.5. The standard InChI is InChI=1S/C17H14Cl3N5OS/c1-9-3-4-12(6-13(9)19)25-8-22-24-17(25)27-10(2)16(26)23-15-14(20)5-11(18)7-21-15/h3-8,10H,1-2H3,(H,21,23,26). The lowest BCUT2D eigenvalue weighted by Gasteiger charge is -2.13. The smallest absolute Gasteiger partial charge is 0.238 e. The first-order valence-corrected chi connectivity index (χ1v) is 9.81. The van der Waals surface area contributed by atoms with Crippen molar-refractivity contribution in [1.82, 2.24) is 19.7 Å². The number of nitrogens with one attached hydrogen (secondary N) is 1. The van der Waals surface area contributed by atoms with E-state index in [2.05, 4.69) is 20.5 Å². The predicted molar refractivity (Wildman–Crippen MR) is 109 cm³/mol. The highest BCUT2D eigenvalue weighted by Crippen LogP contribution is 2.28. The van der Waals surface area contributed by atoms with Crippen molar-refractivity contribution in [2.45, 2.75) is 24.3 Å². The molecule has 0 aliphatic heterocycles. The molecular weight excluding hydrogens is 429 g/mol. The van der Waals surface area contributed by atoms with Gasteiger partial charge in [0.15, 0.2) is 11.0 Å². The molecule has 0 fully saturated rings. The zero-order chi connectivity index (χ0) is 19.6. The molecule has 27 heavy (non-hydrogen) atoms. The van der Waals surface area contributed by atoms with Crippen LogP contribution in [0.15, 0.2) is 41.9 Å². The fourth-order valence-electron chi connectivity index (χ4n) is 2.15. The van der Waals surface area contributed by atoms with E-state index in [1.165, 1.54) is 24.0 Å². The number of anilines is 1. The summed E-state index contributed by atoms with van der Waals surface area (Å²) in [4.78, 5) is 16.5. The second kappa shape index (κ2) is 8.48. The zero-order valence-corrected chi connectivity index (χ0v) is 17.4. The normalized spacial score (nSPS) is 12.0. The molecule has 2 aromatic heterocycles. The van der Waals surface area contributed by atoms with Crippen molar-refractivity contribution in [3.05, 3.63) is 57.4 Å². The zero-order valence-electron chi connectivity index (χ0n) is 14.3. The fourth-order valence-corrected chi connectivity index (χ4v) is 3.59. The van der Waals surface area contributed by atoms with Crippen LogP contribution in [-0.2, 0) is 4.79 Å². The number of aromatic nitrogens is 4. The van der Waals surface area contributed by atoms with Crippen molar-refractivity contribution < 1.29 is 4.79 Å². The lowest BCUT2D eigenvalue weighted by Crippen LogP contribution is -2.23. The Balaban J connectivity index is 1.74. The van der Waals surface area contributed by atoms with Gasteiger partial charge in [0.05, 0.1) is 21.0 Å². The van der Waals surface area contributed by atoms with Gasteiger partial charge in [-0.2, -0.15) is 0 Å². The van der Waals surface area contributed by atoms with Crippen LogP contribution < -0.4 is 5.32 Å². The van der Waals surface area contributed by atoms with Gasteiger partial charge in [-0.1, -0.05) is 52.6 Å². The second-order valence-corrected chi connectivity index (χ2v) is 8.21. The number of hydrogen-bond acceptors (Lipinski definition) is 5. The Bertz CT molecular complexity index is 994. The predicted octanol–water partition coefficient (Wildman–Crippen LogP) is 5.05. The molecule has 0 spiro atoms. The van der Waals surface area contributed by atoms with Gasteiger partial charge in [-0.05, 0) is 37.6 Å². The van der Waals surface area contributed by atoms with E-state index in [0.29, 0.717) is 15.2 Å². The van der Waals surface area contributed by atoms with Gasteiger partial charge in [0, 0.05) is 11.2 Å². The van der Waals surface area contributed by atoms with Gasteiger partial charge < -0.3 is 5.32 Å². The van der Waals surface area contributed by atoms with E-state index in [4.69, 9.17) is 34.8 Å². The Kier molecular flexibility index (Phi) is 6.26. The molecule has 1 atom stereocenters. The second-order valence-electron chi connectivity index (χ2n) is 5.65. The van der Waals surface area contributed by atoms with E-state index in [1.54, 1.807) is 17.8 Å².